The molecule has 1 aliphatic carbocycles. The first kappa shape index (κ1) is 16.4. The first-order chi connectivity index (χ1) is 8.76. The van der Waals surface area contributed by atoms with Gasteiger partial charge in [0.15, 0.2) is 0 Å². The summed E-state index contributed by atoms with van der Waals surface area (Å²) in [5, 5.41) is 12.5. The fourth-order valence-electron chi connectivity index (χ4n) is 2.88. The molecule has 1 saturated carbocycles. The molecular formula is C15H30N2O2. The van der Waals surface area contributed by atoms with Crippen LogP contribution in [0, 0.1) is 11.3 Å². The highest BCUT2D eigenvalue weighted by Crippen LogP contribution is 2.24. The third kappa shape index (κ3) is 7.53. The van der Waals surface area contributed by atoms with Gasteiger partial charge in [-0.1, -0.05) is 27.2 Å². The van der Waals surface area contributed by atoms with E-state index in [-0.39, 0.29) is 23.5 Å². The highest BCUT2D eigenvalue weighted by molar-refractivity contribution is 5.76. The standard InChI is InChI=1S/C15H30N2O2/c1-15(2,3)9-12(16)8-14(19)17-10-11-5-4-6-13(18)7-11/h11-13,18H,4-10,16H2,1-3H3,(H,17,19). The van der Waals surface area contributed by atoms with Gasteiger partial charge in [0.2, 0.25) is 5.91 Å². The molecule has 1 fully saturated rings. The number of rotatable bonds is 5. The molecule has 1 amide bonds. The molecule has 4 heteroatoms. The van der Waals surface area contributed by atoms with E-state index in [1.807, 2.05) is 0 Å². The zero-order valence-corrected chi connectivity index (χ0v) is 12.6. The molecule has 0 aromatic rings. The fourth-order valence-corrected chi connectivity index (χ4v) is 2.88. The summed E-state index contributed by atoms with van der Waals surface area (Å²) in [5.74, 6) is 0.461. The van der Waals surface area contributed by atoms with Crippen LogP contribution < -0.4 is 11.1 Å². The first-order valence-electron chi connectivity index (χ1n) is 7.46. The quantitative estimate of drug-likeness (QED) is 0.713. The monoisotopic (exact) mass is 270 g/mol. The normalized spacial score (nSPS) is 25.9. The molecule has 0 saturated heterocycles. The number of amides is 1. The van der Waals surface area contributed by atoms with Crippen molar-refractivity contribution in [3.63, 3.8) is 0 Å². The number of hydrogen-bond donors (Lipinski definition) is 3. The van der Waals surface area contributed by atoms with Crippen LogP contribution in [-0.4, -0.2) is 29.7 Å². The summed E-state index contributed by atoms with van der Waals surface area (Å²) in [6.45, 7) is 7.08. The van der Waals surface area contributed by atoms with E-state index >= 15 is 0 Å². The second-order valence-corrected chi connectivity index (χ2v) is 7.22. The van der Waals surface area contributed by atoms with Crippen molar-refractivity contribution in [2.75, 3.05) is 6.54 Å². The van der Waals surface area contributed by atoms with Crippen molar-refractivity contribution in [3.8, 4) is 0 Å². The van der Waals surface area contributed by atoms with Crippen molar-refractivity contribution in [2.24, 2.45) is 17.1 Å². The highest BCUT2D eigenvalue weighted by Gasteiger charge is 2.22. The van der Waals surface area contributed by atoms with Crippen LogP contribution in [0.15, 0.2) is 0 Å². The summed E-state index contributed by atoms with van der Waals surface area (Å²) in [7, 11) is 0. The lowest BCUT2D eigenvalue weighted by Gasteiger charge is -2.26. The Kier molecular flexibility index (Phi) is 6.27. The van der Waals surface area contributed by atoms with Crippen LogP contribution in [-0.2, 0) is 4.79 Å². The number of aliphatic hydroxyl groups excluding tert-OH is 1. The maximum Gasteiger partial charge on any atom is 0.221 e. The Morgan fingerprint density at radius 1 is 1.42 bits per heavy atom. The third-order valence-electron chi connectivity index (χ3n) is 3.67. The van der Waals surface area contributed by atoms with E-state index in [2.05, 4.69) is 26.1 Å². The van der Waals surface area contributed by atoms with E-state index in [1.165, 1.54) is 0 Å². The molecule has 112 valence electrons. The summed E-state index contributed by atoms with van der Waals surface area (Å²) in [4.78, 5) is 11.8. The molecule has 0 bridgehead atoms. The first-order valence-corrected chi connectivity index (χ1v) is 7.46. The van der Waals surface area contributed by atoms with Crippen LogP contribution in [0.25, 0.3) is 0 Å². The number of nitrogens with two attached hydrogens (primary N) is 1. The van der Waals surface area contributed by atoms with Gasteiger partial charge in [0.25, 0.3) is 0 Å². The van der Waals surface area contributed by atoms with E-state index in [4.69, 9.17) is 5.73 Å². The van der Waals surface area contributed by atoms with Crippen molar-refractivity contribution in [2.45, 2.75) is 71.4 Å². The van der Waals surface area contributed by atoms with Crippen LogP contribution in [0.3, 0.4) is 0 Å². The smallest absolute Gasteiger partial charge is 0.221 e. The Morgan fingerprint density at radius 2 is 2.11 bits per heavy atom. The van der Waals surface area contributed by atoms with E-state index < -0.39 is 0 Å². The van der Waals surface area contributed by atoms with Gasteiger partial charge in [0.1, 0.15) is 0 Å². The average molecular weight is 270 g/mol. The van der Waals surface area contributed by atoms with Crippen molar-refractivity contribution < 1.29 is 9.90 Å². The molecule has 0 aromatic carbocycles. The van der Waals surface area contributed by atoms with Crippen molar-refractivity contribution >= 4 is 5.91 Å². The maximum atomic E-state index is 11.8. The molecule has 0 aliphatic heterocycles. The van der Waals surface area contributed by atoms with E-state index in [1.54, 1.807) is 0 Å². The molecule has 0 aromatic heterocycles. The number of carbonyl (C=O) groups excluding carboxylic acids is 1. The Hall–Kier alpha value is -0.610. The molecule has 3 atom stereocenters. The lowest BCUT2D eigenvalue weighted by molar-refractivity contribution is -0.121. The minimum Gasteiger partial charge on any atom is -0.393 e. The predicted octanol–water partition coefficient (Wildman–Crippen LogP) is 1.81. The summed E-state index contributed by atoms with van der Waals surface area (Å²) in [5.41, 5.74) is 6.15. The predicted molar refractivity (Wildman–Crippen MR) is 77.6 cm³/mol. The lowest BCUT2D eigenvalue weighted by Crippen LogP contribution is -2.37. The van der Waals surface area contributed by atoms with Gasteiger partial charge in [-0.2, -0.15) is 0 Å². The van der Waals surface area contributed by atoms with Gasteiger partial charge in [-0.05, 0) is 37.0 Å². The highest BCUT2D eigenvalue weighted by atomic mass is 16.3. The molecule has 4 nitrogen and oxygen atoms in total. The summed E-state index contributed by atoms with van der Waals surface area (Å²) >= 11 is 0. The van der Waals surface area contributed by atoms with Crippen molar-refractivity contribution in [3.05, 3.63) is 0 Å². The Labute approximate surface area is 117 Å². The van der Waals surface area contributed by atoms with Gasteiger partial charge in [-0.15, -0.1) is 0 Å². The second kappa shape index (κ2) is 7.25. The van der Waals surface area contributed by atoms with E-state index in [9.17, 15) is 9.90 Å². The molecule has 1 rings (SSSR count). The summed E-state index contributed by atoms with van der Waals surface area (Å²) in [6, 6.07) is -0.0723. The zero-order chi connectivity index (χ0) is 14.5. The molecular weight excluding hydrogens is 240 g/mol. The van der Waals surface area contributed by atoms with Crippen molar-refractivity contribution in [1.82, 2.24) is 5.32 Å². The van der Waals surface area contributed by atoms with E-state index in [0.717, 1.165) is 32.1 Å². The maximum absolute atomic E-state index is 11.8. The van der Waals surface area contributed by atoms with Crippen LogP contribution in [0.4, 0.5) is 0 Å². The van der Waals surface area contributed by atoms with Crippen LogP contribution >= 0.6 is 0 Å². The minimum absolute atomic E-state index is 0.0387. The molecule has 19 heavy (non-hydrogen) atoms. The number of nitrogens with one attached hydrogen (secondary N) is 1. The van der Waals surface area contributed by atoms with Crippen LogP contribution in [0.5, 0.6) is 0 Å². The third-order valence-corrected chi connectivity index (χ3v) is 3.67. The number of aliphatic hydroxyl groups is 1. The minimum atomic E-state index is -0.182. The molecule has 1 aliphatic rings. The van der Waals surface area contributed by atoms with Gasteiger partial charge in [-0.3, -0.25) is 4.79 Å². The number of carbonyl (C=O) groups is 1. The van der Waals surface area contributed by atoms with Gasteiger partial charge in [0, 0.05) is 19.0 Å². The van der Waals surface area contributed by atoms with Crippen LogP contribution in [0.2, 0.25) is 0 Å². The van der Waals surface area contributed by atoms with E-state index in [0.29, 0.717) is 18.9 Å². The zero-order valence-electron chi connectivity index (χ0n) is 12.6. The number of hydrogen-bond acceptors (Lipinski definition) is 3. The second-order valence-electron chi connectivity index (χ2n) is 7.22. The summed E-state index contributed by atoms with van der Waals surface area (Å²) in [6.07, 6.45) is 4.94. The molecule has 0 radical (unpaired) electrons. The molecule has 4 N–H and O–H groups in total. The topological polar surface area (TPSA) is 75.4 Å². The Balaban J connectivity index is 2.20. The molecule has 3 unspecified atom stereocenters. The largest absolute Gasteiger partial charge is 0.393 e. The van der Waals surface area contributed by atoms with Crippen molar-refractivity contribution in [1.29, 1.82) is 0 Å². The van der Waals surface area contributed by atoms with Gasteiger partial charge in [-0.25, -0.2) is 0 Å². The molecule has 0 spiro atoms. The van der Waals surface area contributed by atoms with Crippen LogP contribution in [0.1, 0.15) is 59.3 Å². The van der Waals surface area contributed by atoms with Gasteiger partial charge < -0.3 is 16.2 Å². The Morgan fingerprint density at radius 3 is 2.68 bits per heavy atom. The Bertz CT molecular complexity index is 286. The average Bonchev–Trinajstić information content (AvgIpc) is 2.23. The van der Waals surface area contributed by atoms with Gasteiger partial charge >= 0.3 is 0 Å². The molecule has 0 heterocycles. The fraction of sp³-hybridized carbons (Fsp3) is 0.933. The van der Waals surface area contributed by atoms with Gasteiger partial charge in [0.05, 0.1) is 6.10 Å². The lowest BCUT2D eigenvalue weighted by atomic mass is 9.86. The SMILES string of the molecule is CC(C)(C)CC(N)CC(=O)NCC1CCCC(O)C1. The summed E-state index contributed by atoms with van der Waals surface area (Å²) < 4.78 is 0.